The van der Waals surface area contributed by atoms with Crippen molar-refractivity contribution >= 4 is 27.9 Å². The number of nitrogens with zero attached hydrogens (tertiary/aromatic N) is 3. The Hall–Kier alpha value is -3.93. The lowest BCUT2D eigenvalue weighted by molar-refractivity contribution is 0.463. The largest absolute Gasteiger partial charge is 0.439 e. The highest BCUT2D eigenvalue weighted by molar-refractivity contribution is 5.86. The molecular weight excluding hydrogens is 338 g/mol. The number of hydrogen-bond acceptors (Lipinski definition) is 4. The third-order valence-electron chi connectivity index (χ3n) is 4.39. The van der Waals surface area contributed by atoms with Crippen LogP contribution in [0.15, 0.2) is 67.5 Å². The summed E-state index contributed by atoms with van der Waals surface area (Å²) < 4.78 is 5.91. The standard InChI is InChI=1S/C21H15N5O/c1-2-16-9-13-3-4-14(11-19(13)24-16)21-22-8-7-20(25-21)27-17-5-6-18-15(10-17)12-23-26-18/h2-12,24H,1H2,(H,23,26). The fraction of sp³-hybridized carbons (Fsp3) is 0. The smallest absolute Gasteiger partial charge is 0.222 e. The molecule has 0 spiro atoms. The summed E-state index contributed by atoms with van der Waals surface area (Å²) in [5, 5.41) is 9.05. The van der Waals surface area contributed by atoms with Gasteiger partial charge in [-0.05, 0) is 36.4 Å². The molecule has 5 aromatic rings. The maximum absolute atomic E-state index is 5.91. The van der Waals surface area contributed by atoms with Crippen LogP contribution in [0.3, 0.4) is 0 Å². The second kappa shape index (κ2) is 6.10. The second-order valence-electron chi connectivity index (χ2n) is 6.17. The van der Waals surface area contributed by atoms with Crippen molar-refractivity contribution in [1.29, 1.82) is 0 Å². The zero-order valence-corrected chi connectivity index (χ0v) is 14.3. The van der Waals surface area contributed by atoms with E-state index in [1.807, 2.05) is 36.4 Å². The molecule has 2 N–H and O–H groups in total. The van der Waals surface area contributed by atoms with Gasteiger partial charge in [-0.3, -0.25) is 5.10 Å². The molecule has 2 aromatic carbocycles. The van der Waals surface area contributed by atoms with E-state index >= 15 is 0 Å². The van der Waals surface area contributed by atoms with Gasteiger partial charge in [0.2, 0.25) is 5.88 Å². The first-order valence-corrected chi connectivity index (χ1v) is 8.48. The van der Waals surface area contributed by atoms with Crippen LogP contribution < -0.4 is 4.74 Å². The Morgan fingerprint density at radius 1 is 0.963 bits per heavy atom. The van der Waals surface area contributed by atoms with E-state index < -0.39 is 0 Å². The molecule has 0 radical (unpaired) electrons. The summed E-state index contributed by atoms with van der Waals surface area (Å²) in [5.41, 5.74) is 3.87. The SMILES string of the molecule is C=Cc1cc2ccc(-c3nccc(Oc4ccc5[nH]ncc5c4)n3)cc2[nH]1. The van der Waals surface area contributed by atoms with Crippen LogP contribution in [0.1, 0.15) is 5.69 Å². The molecule has 0 aliphatic rings. The summed E-state index contributed by atoms with van der Waals surface area (Å²) in [6, 6.07) is 15.6. The third-order valence-corrected chi connectivity index (χ3v) is 4.39. The molecule has 0 fully saturated rings. The summed E-state index contributed by atoms with van der Waals surface area (Å²) in [5.74, 6) is 1.79. The quantitative estimate of drug-likeness (QED) is 0.480. The maximum Gasteiger partial charge on any atom is 0.222 e. The van der Waals surface area contributed by atoms with E-state index in [1.165, 1.54) is 0 Å². The number of H-pyrrole nitrogens is 2. The number of rotatable bonds is 4. The van der Waals surface area contributed by atoms with E-state index in [4.69, 9.17) is 4.74 Å². The van der Waals surface area contributed by atoms with Crippen LogP contribution in [-0.4, -0.2) is 25.1 Å². The van der Waals surface area contributed by atoms with Crippen LogP contribution >= 0.6 is 0 Å². The molecule has 0 amide bonds. The molecule has 3 aromatic heterocycles. The van der Waals surface area contributed by atoms with Gasteiger partial charge in [-0.1, -0.05) is 18.7 Å². The number of aromatic nitrogens is 5. The molecule has 0 aliphatic carbocycles. The fourth-order valence-corrected chi connectivity index (χ4v) is 3.04. The van der Waals surface area contributed by atoms with E-state index in [1.54, 1.807) is 24.5 Å². The number of nitrogens with one attached hydrogen (secondary N) is 2. The number of ether oxygens (including phenoxy) is 1. The molecule has 6 heteroatoms. The number of benzene rings is 2. The first-order valence-electron chi connectivity index (χ1n) is 8.48. The Morgan fingerprint density at radius 3 is 2.85 bits per heavy atom. The minimum Gasteiger partial charge on any atom is -0.439 e. The third kappa shape index (κ3) is 2.83. The van der Waals surface area contributed by atoms with Gasteiger partial charge in [0.1, 0.15) is 5.75 Å². The second-order valence-corrected chi connectivity index (χ2v) is 6.17. The molecule has 0 aliphatic heterocycles. The summed E-state index contributed by atoms with van der Waals surface area (Å²) in [6.07, 6.45) is 5.25. The Morgan fingerprint density at radius 2 is 1.93 bits per heavy atom. The summed E-state index contributed by atoms with van der Waals surface area (Å²) in [7, 11) is 0. The Bertz CT molecular complexity index is 1280. The molecule has 0 atom stereocenters. The molecular formula is C21H15N5O. The van der Waals surface area contributed by atoms with Crippen molar-refractivity contribution in [2.24, 2.45) is 0 Å². The Balaban J connectivity index is 1.48. The lowest BCUT2D eigenvalue weighted by Crippen LogP contribution is -1.93. The van der Waals surface area contributed by atoms with Crippen LogP contribution in [-0.2, 0) is 0 Å². The first kappa shape index (κ1) is 15.3. The summed E-state index contributed by atoms with van der Waals surface area (Å²) in [4.78, 5) is 12.2. The molecule has 0 bridgehead atoms. The van der Waals surface area contributed by atoms with E-state index in [-0.39, 0.29) is 0 Å². The number of hydrogen-bond donors (Lipinski definition) is 2. The van der Waals surface area contributed by atoms with Crippen molar-refractivity contribution in [2.75, 3.05) is 0 Å². The van der Waals surface area contributed by atoms with E-state index in [0.717, 1.165) is 33.1 Å². The van der Waals surface area contributed by atoms with E-state index in [0.29, 0.717) is 17.5 Å². The number of aromatic amines is 2. The molecule has 130 valence electrons. The van der Waals surface area contributed by atoms with Gasteiger partial charge in [0.15, 0.2) is 5.82 Å². The van der Waals surface area contributed by atoms with E-state index in [9.17, 15) is 0 Å². The minimum absolute atomic E-state index is 0.487. The molecule has 0 saturated carbocycles. The van der Waals surface area contributed by atoms with Crippen molar-refractivity contribution < 1.29 is 4.74 Å². The predicted molar refractivity (Wildman–Crippen MR) is 106 cm³/mol. The predicted octanol–water partition coefficient (Wildman–Crippen LogP) is 4.94. The van der Waals surface area contributed by atoms with Crippen molar-refractivity contribution in [1.82, 2.24) is 25.1 Å². The zero-order valence-electron chi connectivity index (χ0n) is 14.3. The van der Waals surface area contributed by atoms with Gasteiger partial charge >= 0.3 is 0 Å². The highest BCUT2D eigenvalue weighted by Crippen LogP contribution is 2.26. The topological polar surface area (TPSA) is 79.5 Å². The Kier molecular flexibility index (Phi) is 3.47. The highest BCUT2D eigenvalue weighted by Gasteiger charge is 2.08. The number of fused-ring (bicyclic) bond motifs is 2. The van der Waals surface area contributed by atoms with Gasteiger partial charge in [-0.15, -0.1) is 0 Å². The molecule has 6 nitrogen and oxygen atoms in total. The molecule has 3 heterocycles. The van der Waals surface area contributed by atoms with Crippen LogP contribution in [0.2, 0.25) is 0 Å². The maximum atomic E-state index is 5.91. The zero-order chi connectivity index (χ0) is 18.2. The van der Waals surface area contributed by atoms with Crippen LogP contribution in [0, 0.1) is 0 Å². The molecule has 0 saturated heterocycles. The first-order chi connectivity index (χ1) is 13.3. The lowest BCUT2D eigenvalue weighted by Gasteiger charge is -2.06. The van der Waals surface area contributed by atoms with Crippen molar-refractivity contribution in [3.05, 3.63) is 73.2 Å². The van der Waals surface area contributed by atoms with Gasteiger partial charge in [-0.25, -0.2) is 4.98 Å². The van der Waals surface area contributed by atoms with Crippen molar-refractivity contribution in [2.45, 2.75) is 0 Å². The Labute approximate surface area is 154 Å². The van der Waals surface area contributed by atoms with Crippen LogP contribution in [0.4, 0.5) is 0 Å². The van der Waals surface area contributed by atoms with Gasteiger partial charge in [0.05, 0.1) is 11.7 Å². The molecule has 5 rings (SSSR count). The summed E-state index contributed by atoms with van der Waals surface area (Å²) >= 11 is 0. The van der Waals surface area contributed by atoms with E-state index in [2.05, 4.69) is 37.8 Å². The fourth-order valence-electron chi connectivity index (χ4n) is 3.04. The summed E-state index contributed by atoms with van der Waals surface area (Å²) in [6.45, 7) is 3.80. The lowest BCUT2D eigenvalue weighted by atomic mass is 10.1. The van der Waals surface area contributed by atoms with Gasteiger partial charge < -0.3 is 9.72 Å². The average molecular weight is 353 g/mol. The highest BCUT2D eigenvalue weighted by atomic mass is 16.5. The minimum atomic E-state index is 0.487. The monoisotopic (exact) mass is 353 g/mol. The van der Waals surface area contributed by atoms with Crippen LogP contribution in [0.5, 0.6) is 11.6 Å². The normalized spacial score (nSPS) is 11.1. The van der Waals surface area contributed by atoms with Crippen molar-refractivity contribution in [3.8, 4) is 23.0 Å². The van der Waals surface area contributed by atoms with Gasteiger partial charge in [-0.2, -0.15) is 10.1 Å². The molecule has 27 heavy (non-hydrogen) atoms. The molecule has 0 unspecified atom stereocenters. The van der Waals surface area contributed by atoms with Crippen molar-refractivity contribution in [3.63, 3.8) is 0 Å². The van der Waals surface area contributed by atoms with Gasteiger partial charge in [0, 0.05) is 39.8 Å². The van der Waals surface area contributed by atoms with Crippen LogP contribution in [0.25, 0.3) is 39.3 Å². The van der Waals surface area contributed by atoms with Gasteiger partial charge in [0.25, 0.3) is 0 Å². The average Bonchev–Trinajstić information content (AvgIpc) is 3.33.